The van der Waals surface area contributed by atoms with E-state index >= 15 is 0 Å². The maximum absolute atomic E-state index is 10.4. The van der Waals surface area contributed by atoms with Gasteiger partial charge in [-0.3, -0.25) is 4.79 Å². The number of aromatic nitrogens is 1. The first-order chi connectivity index (χ1) is 5.95. The summed E-state index contributed by atoms with van der Waals surface area (Å²) < 4.78 is 0. The molecule has 0 amide bonds. The van der Waals surface area contributed by atoms with Crippen LogP contribution in [-0.4, -0.2) is 11.3 Å². The molecule has 0 bridgehead atoms. The summed E-state index contributed by atoms with van der Waals surface area (Å²) in [6, 6.07) is 0. The standard InChI is InChI=1S/C9H12BrNOS/c1-9(2,3)7(10)8-11-4-6(5-12)13-8/h4-5,7H,1-3H3. The molecule has 72 valence electrons. The molecule has 13 heavy (non-hydrogen) atoms. The Morgan fingerprint density at radius 2 is 2.23 bits per heavy atom. The van der Waals surface area contributed by atoms with Gasteiger partial charge in [0, 0.05) is 6.20 Å². The Hall–Kier alpha value is -0.220. The number of thiazole rings is 1. The Labute approximate surface area is 90.5 Å². The summed E-state index contributed by atoms with van der Waals surface area (Å²) in [5.41, 5.74) is 0.123. The fourth-order valence-electron chi connectivity index (χ4n) is 0.843. The van der Waals surface area contributed by atoms with Crippen molar-refractivity contribution in [3.8, 4) is 0 Å². The molecule has 0 radical (unpaired) electrons. The zero-order valence-electron chi connectivity index (χ0n) is 7.87. The van der Waals surface area contributed by atoms with E-state index in [-0.39, 0.29) is 10.2 Å². The normalized spacial score (nSPS) is 14.2. The van der Waals surface area contributed by atoms with E-state index in [1.54, 1.807) is 6.20 Å². The second kappa shape index (κ2) is 3.88. The molecule has 0 saturated carbocycles. The SMILES string of the molecule is CC(C)(C)C(Br)c1ncc(C=O)s1. The van der Waals surface area contributed by atoms with Crippen LogP contribution in [0.15, 0.2) is 6.20 Å². The van der Waals surface area contributed by atoms with Gasteiger partial charge in [0.05, 0.1) is 9.70 Å². The average Bonchev–Trinajstić information content (AvgIpc) is 2.48. The van der Waals surface area contributed by atoms with Crippen LogP contribution in [0.3, 0.4) is 0 Å². The fraction of sp³-hybridized carbons (Fsp3) is 0.556. The third kappa shape index (κ3) is 2.61. The molecule has 0 aliphatic carbocycles. The topological polar surface area (TPSA) is 30.0 Å². The summed E-state index contributed by atoms with van der Waals surface area (Å²) in [5.74, 6) is 0. The predicted molar refractivity (Wildman–Crippen MR) is 58.6 cm³/mol. The zero-order valence-corrected chi connectivity index (χ0v) is 10.3. The van der Waals surface area contributed by atoms with E-state index < -0.39 is 0 Å². The first-order valence-corrected chi connectivity index (χ1v) is 5.73. The lowest BCUT2D eigenvalue weighted by atomic mass is 9.93. The fourth-order valence-corrected chi connectivity index (χ4v) is 2.20. The molecule has 1 aromatic heterocycles. The van der Waals surface area contributed by atoms with Gasteiger partial charge in [-0.2, -0.15) is 0 Å². The first kappa shape index (κ1) is 10.9. The van der Waals surface area contributed by atoms with Crippen LogP contribution in [0.5, 0.6) is 0 Å². The molecule has 1 atom stereocenters. The Bertz CT molecular complexity index is 303. The number of nitrogens with zero attached hydrogens (tertiary/aromatic N) is 1. The Morgan fingerprint density at radius 3 is 2.62 bits per heavy atom. The third-order valence-electron chi connectivity index (χ3n) is 1.63. The lowest BCUT2D eigenvalue weighted by molar-refractivity contribution is 0.112. The quantitative estimate of drug-likeness (QED) is 0.603. The van der Waals surface area contributed by atoms with Gasteiger partial charge in [-0.05, 0) is 5.41 Å². The monoisotopic (exact) mass is 261 g/mol. The maximum Gasteiger partial charge on any atom is 0.161 e. The molecule has 1 rings (SSSR count). The lowest BCUT2D eigenvalue weighted by Crippen LogP contribution is -2.12. The van der Waals surface area contributed by atoms with Crippen LogP contribution in [0, 0.1) is 5.41 Å². The average molecular weight is 262 g/mol. The number of hydrogen-bond donors (Lipinski definition) is 0. The molecule has 1 aromatic rings. The molecule has 1 heterocycles. The van der Waals surface area contributed by atoms with Gasteiger partial charge in [0.15, 0.2) is 6.29 Å². The molecule has 1 unspecified atom stereocenters. The second-order valence-electron chi connectivity index (χ2n) is 3.95. The minimum absolute atomic E-state index is 0.123. The highest BCUT2D eigenvalue weighted by Gasteiger charge is 2.25. The number of hydrogen-bond acceptors (Lipinski definition) is 3. The van der Waals surface area contributed by atoms with Crippen LogP contribution in [0.2, 0.25) is 0 Å². The van der Waals surface area contributed by atoms with Crippen molar-refractivity contribution in [1.29, 1.82) is 0 Å². The van der Waals surface area contributed by atoms with E-state index in [0.29, 0.717) is 4.88 Å². The smallest absolute Gasteiger partial charge is 0.161 e. The van der Waals surface area contributed by atoms with Crippen LogP contribution in [0.25, 0.3) is 0 Å². The van der Waals surface area contributed by atoms with Gasteiger partial charge in [0.25, 0.3) is 0 Å². The van der Waals surface area contributed by atoms with E-state index in [1.807, 2.05) is 0 Å². The molecule has 2 nitrogen and oxygen atoms in total. The summed E-state index contributed by atoms with van der Waals surface area (Å²) >= 11 is 5.02. The highest BCUT2D eigenvalue weighted by molar-refractivity contribution is 9.09. The predicted octanol–water partition coefficient (Wildman–Crippen LogP) is 3.44. The Kier molecular flexibility index (Phi) is 3.24. The largest absolute Gasteiger partial charge is 0.297 e. The van der Waals surface area contributed by atoms with Crippen LogP contribution in [-0.2, 0) is 0 Å². The van der Waals surface area contributed by atoms with Gasteiger partial charge < -0.3 is 0 Å². The van der Waals surface area contributed by atoms with Crippen LogP contribution in [0.4, 0.5) is 0 Å². The number of halogens is 1. The molecule has 0 N–H and O–H groups in total. The highest BCUT2D eigenvalue weighted by Crippen LogP contribution is 2.41. The number of alkyl halides is 1. The van der Waals surface area contributed by atoms with Gasteiger partial charge in [-0.1, -0.05) is 36.7 Å². The van der Waals surface area contributed by atoms with Gasteiger partial charge in [-0.25, -0.2) is 4.98 Å². The molecule has 0 aliphatic heterocycles. The van der Waals surface area contributed by atoms with E-state index in [2.05, 4.69) is 41.7 Å². The van der Waals surface area contributed by atoms with Crippen LogP contribution in [0.1, 0.15) is 40.3 Å². The molecular weight excluding hydrogens is 250 g/mol. The summed E-state index contributed by atoms with van der Waals surface area (Å²) in [6.45, 7) is 6.40. The van der Waals surface area contributed by atoms with Crippen LogP contribution < -0.4 is 0 Å². The summed E-state index contributed by atoms with van der Waals surface area (Å²) in [5, 5.41) is 0.967. The van der Waals surface area contributed by atoms with Crippen molar-refractivity contribution in [2.75, 3.05) is 0 Å². The van der Waals surface area contributed by atoms with E-state index in [1.165, 1.54) is 11.3 Å². The minimum Gasteiger partial charge on any atom is -0.297 e. The molecule has 0 spiro atoms. The lowest BCUT2D eigenvalue weighted by Gasteiger charge is -2.23. The van der Waals surface area contributed by atoms with Crippen molar-refractivity contribution >= 4 is 33.6 Å². The van der Waals surface area contributed by atoms with Gasteiger partial charge >= 0.3 is 0 Å². The molecule has 0 fully saturated rings. The van der Waals surface area contributed by atoms with Crippen molar-refractivity contribution in [3.05, 3.63) is 16.1 Å². The molecule has 0 saturated heterocycles. The first-order valence-electron chi connectivity index (χ1n) is 4.00. The zero-order chi connectivity index (χ0) is 10.1. The Morgan fingerprint density at radius 1 is 1.62 bits per heavy atom. The minimum atomic E-state index is 0.123. The summed E-state index contributed by atoms with van der Waals surface area (Å²) in [6.07, 6.45) is 2.45. The number of carbonyl (C=O) groups excluding carboxylic acids is 1. The molecule has 4 heteroatoms. The van der Waals surface area contributed by atoms with Gasteiger partial charge in [0.1, 0.15) is 5.01 Å². The number of carbonyl (C=O) groups is 1. The Balaban J connectivity index is 2.89. The van der Waals surface area contributed by atoms with Crippen molar-refractivity contribution < 1.29 is 4.79 Å². The molecule has 0 aliphatic rings. The summed E-state index contributed by atoms with van der Waals surface area (Å²) in [7, 11) is 0. The maximum atomic E-state index is 10.4. The van der Waals surface area contributed by atoms with Crippen molar-refractivity contribution in [3.63, 3.8) is 0 Å². The third-order valence-corrected chi connectivity index (χ3v) is 4.73. The van der Waals surface area contributed by atoms with Crippen molar-refractivity contribution in [2.45, 2.75) is 25.6 Å². The second-order valence-corrected chi connectivity index (χ2v) is 5.96. The van der Waals surface area contributed by atoms with Crippen LogP contribution >= 0.6 is 27.3 Å². The highest BCUT2D eigenvalue weighted by atomic mass is 79.9. The van der Waals surface area contributed by atoms with Crippen molar-refractivity contribution in [1.82, 2.24) is 4.98 Å². The van der Waals surface area contributed by atoms with Gasteiger partial charge in [-0.15, -0.1) is 11.3 Å². The number of rotatable bonds is 2. The van der Waals surface area contributed by atoms with E-state index in [0.717, 1.165) is 11.3 Å². The van der Waals surface area contributed by atoms with Crippen molar-refractivity contribution in [2.24, 2.45) is 5.41 Å². The van der Waals surface area contributed by atoms with E-state index in [4.69, 9.17) is 0 Å². The molecule has 0 aromatic carbocycles. The number of aldehydes is 1. The van der Waals surface area contributed by atoms with Gasteiger partial charge in [0.2, 0.25) is 0 Å². The molecular formula is C9H12BrNOS. The van der Waals surface area contributed by atoms with E-state index in [9.17, 15) is 4.79 Å². The summed E-state index contributed by atoms with van der Waals surface area (Å²) in [4.78, 5) is 15.5.